The van der Waals surface area contributed by atoms with E-state index in [1.165, 1.54) is 24.8 Å². The number of thiol groups is 1. The minimum absolute atomic E-state index is 1.03. The van der Waals surface area contributed by atoms with E-state index in [4.69, 9.17) is 0 Å². The van der Waals surface area contributed by atoms with Gasteiger partial charge in [-0.25, -0.2) is 0 Å². The predicted molar refractivity (Wildman–Crippen MR) is 52.3 cm³/mol. The van der Waals surface area contributed by atoms with Crippen LogP contribution >= 0.6 is 12.6 Å². The van der Waals surface area contributed by atoms with Crippen LogP contribution in [0.1, 0.15) is 24.8 Å². The van der Waals surface area contributed by atoms with Crippen LogP contribution in [0.25, 0.3) is 0 Å². The van der Waals surface area contributed by atoms with Gasteiger partial charge in [-0.3, -0.25) is 0 Å². The Labute approximate surface area is 74.0 Å². The largest absolute Gasteiger partial charge is 0.143 e. The zero-order chi connectivity index (χ0) is 8.10. The van der Waals surface area contributed by atoms with Gasteiger partial charge >= 0.3 is 0 Å². The second-order valence-corrected chi connectivity index (χ2v) is 3.42. The normalized spacial score (nSPS) is 13.3. The molecule has 0 saturated heterocycles. The Kier molecular flexibility index (Phi) is 3.50. The summed E-state index contributed by atoms with van der Waals surface area (Å²) in [5.74, 6) is 0. The molecule has 0 bridgehead atoms. The minimum atomic E-state index is 1.03. The van der Waals surface area contributed by atoms with E-state index < -0.39 is 0 Å². The van der Waals surface area contributed by atoms with Gasteiger partial charge in [0, 0.05) is 4.90 Å². The molecule has 2 rings (SSSR count). The topological polar surface area (TPSA) is 0 Å². The zero-order valence-corrected chi connectivity index (χ0v) is 7.77. The lowest BCUT2D eigenvalue weighted by atomic mass is 10.2. The van der Waals surface area contributed by atoms with Gasteiger partial charge in [0.15, 0.2) is 0 Å². The van der Waals surface area contributed by atoms with Crippen molar-refractivity contribution < 1.29 is 0 Å². The number of hydrogen-bond acceptors (Lipinski definition) is 1. The number of rotatable bonds is 0. The summed E-state index contributed by atoms with van der Waals surface area (Å²) >= 11 is 4.15. The second kappa shape index (κ2) is 4.45. The Hall–Kier alpha value is -0.430. The van der Waals surface area contributed by atoms with E-state index in [-0.39, 0.29) is 0 Å². The fourth-order valence-electron chi connectivity index (χ4n) is 0.628. The molecule has 0 spiro atoms. The van der Waals surface area contributed by atoms with Gasteiger partial charge in [-0.05, 0) is 19.1 Å². The lowest BCUT2D eigenvalue weighted by molar-refractivity contribution is 1.37. The van der Waals surface area contributed by atoms with Crippen LogP contribution in [-0.2, 0) is 0 Å². The maximum atomic E-state index is 4.15. The first-order valence-electron chi connectivity index (χ1n) is 4.04. The first kappa shape index (κ1) is 8.66. The van der Waals surface area contributed by atoms with E-state index in [9.17, 15) is 0 Å². The molecular formula is C10H14S. The lowest BCUT2D eigenvalue weighted by Gasteiger charge is -1.89. The minimum Gasteiger partial charge on any atom is -0.143 e. The zero-order valence-electron chi connectivity index (χ0n) is 6.88. The van der Waals surface area contributed by atoms with E-state index >= 15 is 0 Å². The monoisotopic (exact) mass is 166 g/mol. The Morgan fingerprint density at radius 1 is 1.18 bits per heavy atom. The van der Waals surface area contributed by atoms with Gasteiger partial charge < -0.3 is 0 Å². The molecule has 0 N–H and O–H groups in total. The van der Waals surface area contributed by atoms with Crippen molar-refractivity contribution in [3.8, 4) is 0 Å². The fourth-order valence-corrected chi connectivity index (χ4v) is 0.918. The van der Waals surface area contributed by atoms with Crippen molar-refractivity contribution in [3.05, 3.63) is 29.8 Å². The van der Waals surface area contributed by atoms with E-state index in [1.54, 1.807) is 0 Å². The van der Waals surface area contributed by atoms with Gasteiger partial charge in [0.05, 0.1) is 0 Å². The molecular weight excluding hydrogens is 152 g/mol. The summed E-state index contributed by atoms with van der Waals surface area (Å²) in [7, 11) is 0. The maximum absolute atomic E-state index is 4.15. The van der Waals surface area contributed by atoms with Crippen molar-refractivity contribution >= 4 is 12.6 Å². The Balaban J connectivity index is 0.000000167. The first-order valence-corrected chi connectivity index (χ1v) is 4.49. The lowest BCUT2D eigenvalue weighted by Crippen LogP contribution is -1.67. The van der Waals surface area contributed by atoms with Gasteiger partial charge in [-0.1, -0.05) is 37.0 Å². The van der Waals surface area contributed by atoms with Crippen LogP contribution in [0.4, 0.5) is 0 Å². The van der Waals surface area contributed by atoms with Crippen LogP contribution in [0.5, 0.6) is 0 Å². The summed E-state index contributed by atoms with van der Waals surface area (Å²) in [5.41, 5.74) is 1.26. The Morgan fingerprint density at radius 2 is 1.82 bits per heavy atom. The van der Waals surface area contributed by atoms with Gasteiger partial charge in [0.1, 0.15) is 0 Å². The molecule has 11 heavy (non-hydrogen) atoms. The highest BCUT2D eigenvalue weighted by molar-refractivity contribution is 7.80. The average Bonchev–Trinajstić information content (AvgIpc) is 2.69. The van der Waals surface area contributed by atoms with Crippen LogP contribution in [0.3, 0.4) is 0 Å². The number of hydrogen-bond donors (Lipinski definition) is 1. The van der Waals surface area contributed by atoms with Crippen LogP contribution < -0.4 is 0 Å². The molecule has 1 heteroatoms. The van der Waals surface area contributed by atoms with E-state index in [2.05, 4.69) is 25.6 Å². The third-order valence-electron chi connectivity index (χ3n) is 1.36. The molecule has 1 aliphatic carbocycles. The van der Waals surface area contributed by atoms with Gasteiger partial charge in [0.2, 0.25) is 0 Å². The van der Waals surface area contributed by atoms with Crippen LogP contribution in [0.2, 0.25) is 0 Å². The summed E-state index contributed by atoms with van der Waals surface area (Å²) in [6.07, 6.45) is 4.50. The van der Waals surface area contributed by atoms with E-state index in [0.29, 0.717) is 0 Å². The van der Waals surface area contributed by atoms with Gasteiger partial charge in [0.25, 0.3) is 0 Å². The highest BCUT2D eigenvalue weighted by Crippen LogP contribution is 2.14. The van der Waals surface area contributed by atoms with Crippen molar-refractivity contribution in [1.29, 1.82) is 0 Å². The SMILES string of the molecule is C1CC1.Cc1cccc(S)c1. The third kappa shape index (κ3) is 4.91. The maximum Gasteiger partial charge on any atom is 0.00426 e. The second-order valence-electron chi connectivity index (χ2n) is 2.90. The molecule has 0 nitrogen and oxygen atoms in total. The van der Waals surface area contributed by atoms with Gasteiger partial charge in [-0.15, -0.1) is 12.6 Å². The van der Waals surface area contributed by atoms with Crippen LogP contribution in [-0.4, -0.2) is 0 Å². The average molecular weight is 166 g/mol. The molecule has 0 heterocycles. The molecule has 0 aliphatic heterocycles. The first-order chi connectivity index (χ1) is 5.29. The smallest absolute Gasteiger partial charge is 0.00426 e. The molecule has 1 fully saturated rings. The molecule has 0 amide bonds. The Bertz CT molecular complexity index is 196. The highest BCUT2D eigenvalue weighted by Gasteiger charge is 1.95. The van der Waals surface area contributed by atoms with E-state index in [0.717, 1.165) is 4.90 Å². The summed E-state index contributed by atoms with van der Waals surface area (Å²) in [4.78, 5) is 1.03. The van der Waals surface area contributed by atoms with Crippen molar-refractivity contribution in [2.75, 3.05) is 0 Å². The van der Waals surface area contributed by atoms with E-state index in [1.807, 2.05) is 18.2 Å². The molecule has 1 aromatic carbocycles. The summed E-state index contributed by atoms with van der Waals surface area (Å²) in [6, 6.07) is 8.05. The number of benzene rings is 1. The van der Waals surface area contributed by atoms with Crippen molar-refractivity contribution in [2.24, 2.45) is 0 Å². The third-order valence-corrected chi connectivity index (χ3v) is 1.63. The number of aryl methyl sites for hydroxylation is 1. The van der Waals surface area contributed by atoms with Crippen molar-refractivity contribution in [2.45, 2.75) is 31.1 Å². The molecule has 60 valence electrons. The quantitative estimate of drug-likeness (QED) is 0.561. The molecule has 1 saturated carbocycles. The predicted octanol–water partition coefficient (Wildman–Crippen LogP) is 3.45. The van der Waals surface area contributed by atoms with Crippen molar-refractivity contribution in [3.63, 3.8) is 0 Å². The fraction of sp³-hybridized carbons (Fsp3) is 0.400. The molecule has 1 aromatic rings. The molecule has 0 aromatic heterocycles. The summed E-state index contributed by atoms with van der Waals surface area (Å²) in [6.45, 7) is 2.06. The van der Waals surface area contributed by atoms with Gasteiger partial charge in [-0.2, -0.15) is 0 Å². The molecule has 1 aliphatic rings. The standard InChI is InChI=1S/C7H8S.C3H6/c1-6-3-2-4-7(8)5-6;1-2-3-1/h2-5,8H,1H3;1-3H2. The Morgan fingerprint density at radius 3 is 2.09 bits per heavy atom. The van der Waals surface area contributed by atoms with Crippen LogP contribution in [0, 0.1) is 6.92 Å². The molecule has 0 unspecified atom stereocenters. The molecule has 0 atom stereocenters. The van der Waals surface area contributed by atoms with Crippen LogP contribution in [0.15, 0.2) is 29.2 Å². The molecule has 0 radical (unpaired) electrons. The van der Waals surface area contributed by atoms with Crippen molar-refractivity contribution in [1.82, 2.24) is 0 Å². The summed E-state index contributed by atoms with van der Waals surface area (Å²) < 4.78 is 0. The summed E-state index contributed by atoms with van der Waals surface area (Å²) in [5, 5.41) is 0. The highest BCUT2D eigenvalue weighted by atomic mass is 32.1.